The summed E-state index contributed by atoms with van der Waals surface area (Å²) < 4.78 is 0. The maximum atomic E-state index is 13.0. The van der Waals surface area contributed by atoms with E-state index in [0.29, 0.717) is 11.1 Å². The highest BCUT2D eigenvalue weighted by atomic mass is 16.2. The van der Waals surface area contributed by atoms with Crippen LogP contribution in [0.25, 0.3) is 0 Å². The summed E-state index contributed by atoms with van der Waals surface area (Å²) in [6, 6.07) is 17.5. The minimum atomic E-state index is -1.56. The van der Waals surface area contributed by atoms with Crippen molar-refractivity contribution in [3.63, 3.8) is 0 Å². The summed E-state index contributed by atoms with van der Waals surface area (Å²) in [5.74, 6) is -1.89. The van der Waals surface area contributed by atoms with Crippen LogP contribution >= 0.6 is 0 Å². The average molecular weight is 293 g/mol. The lowest BCUT2D eigenvalue weighted by Crippen LogP contribution is -2.42. The number of amides is 2. The van der Waals surface area contributed by atoms with Crippen LogP contribution in [0.4, 0.5) is 0 Å². The number of ketones is 1. The SMILES string of the molecule is CCN1C(=O)C(=O)C(c2ccccc2)(c2ccccc2)C1=O. The highest BCUT2D eigenvalue weighted by Gasteiger charge is 2.60. The number of Topliss-reactive ketones (excluding diaryl/α,β-unsaturated/α-hetero) is 1. The molecule has 0 aliphatic carbocycles. The first kappa shape index (κ1) is 14.2. The van der Waals surface area contributed by atoms with Gasteiger partial charge in [-0.1, -0.05) is 60.7 Å². The number of likely N-dealkylation sites (N-methyl/N-ethyl adjacent to an activating group) is 1. The predicted octanol–water partition coefficient (Wildman–Crippen LogP) is 1.93. The number of carbonyl (C=O) groups is 3. The van der Waals surface area contributed by atoms with Crippen LogP contribution in [-0.2, 0) is 19.8 Å². The van der Waals surface area contributed by atoms with Gasteiger partial charge < -0.3 is 0 Å². The Balaban J connectivity index is 2.33. The molecule has 0 aromatic heterocycles. The van der Waals surface area contributed by atoms with Gasteiger partial charge in [-0.05, 0) is 18.1 Å². The molecule has 0 saturated carbocycles. The Morgan fingerprint density at radius 3 is 1.64 bits per heavy atom. The molecule has 1 aliphatic heterocycles. The monoisotopic (exact) mass is 293 g/mol. The van der Waals surface area contributed by atoms with Crippen molar-refractivity contribution in [3.8, 4) is 0 Å². The molecule has 3 rings (SSSR count). The van der Waals surface area contributed by atoms with E-state index in [1.807, 2.05) is 12.1 Å². The van der Waals surface area contributed by atoms with Gasteiger partial charge in [-0.3, -0.25) is 19.3 Å². The standard InChI is InChI=1S/C18H15NO3/c1-2-19-16(21)15(20)18(17(19)22,13-9-5-3-6-10-13)14-11-7-4-8-12-14/h3-12H,2H2,1H3. The Kier molecular flexibility index (Phi) is 3.37. The molecule has 0 N–H and O–H groups in total. The van der Waals surface area contributed by atoms with E-state index in [-0.39, 0.29) is 6.54 Å². The van der Waals surface area contributed by atoms with Gasteiger partial charge in [0.05, 0.1) is 0 Å². The molecule has 0 spiro atoms. The molecular weight excluding hydrogens is 278 g/mol. The molecule has 1 aliphatic rings. The number of hydrogen-bond donors (Lipinski definition) is 0. The number of likely N-dealkylation sites (tertiary alicyclic amines) is 1. The number of rotatable bonds is 3. The zero-order valence-corrected chi connectivity index (χ0v) is 12.2. The molecule has 1 heterocycles. The van der Waals surface area contributed by atoms with Gasteiger partial charge in [0.25, 0.3) is 11.8 Å². The lowest BCUT2D eigenvalue weighted by atomic mass is 9.72. The van der Waals surface area contributed by atoms with E-state index in [9.17, 15) is 14.4 Å². The van der Waals surface area contributed by atoms with Crippen LogP contribution in [0.2, 0.25) is 0 Å². The van der Waals surface area contributed by atoms with Gasteiger partial charge >= 0.3 is 0 Å². The van der Waals surface area contributed by atoms with E-state index in [2.05, 4.69) is 0 Å². The fraction of sp³-hybridized carbons (Fsp3) is 0.167. The number of imide groups is 1. The fourth-order valence-electron chi connectivity index (χ4n) is 3.01. The van der Waals surface area contributed by atoms with Crippen molar-refractivity contribution in [1.82, 2.24) is 4.90 Å². The molecular formula is C18H15NO3. The van der Waals surface area contributed by atoms with Gasteiger partial charge in [-0.15, -0.1) is 0 Å². The van der Waals surface area contributed by atoms with E-state index in [1.165, 1.54) is 0 Å². The Morgan fingerprint density at radius 1 is 0.818 bits per heavy atom. The molecule has 1 fully saturated rings. The summed E-state index contributed by atoms with van der Waals surface area (Å²) >= 11 is 0. The lowest BCUT2D eigenvalue weighted by Gasteiger charge is -2.26. The van der Waals surface area contributed by atoms with Crippen LogP contribution in [0.3, 0.4) is 0 Å². The van der Waals surface area contributed by atoms with Crippen molar-refractivity contribution in [3.05, 3.63) is 71.8 Å². The van der Waals surface area contributed by atoms with Crippen molar-refractivity contribution in [2.24, 2.45) is 0 Å². The van der Waals surface area contributed by atoms with Crippen molar-refractivity contribution < 1.29 is 14.4 Å². The second-order valence-corrected chi connectivity index (χ2v) is 5.17. The Morgan fingerprint density at radius 2 is 1.27 bits per heavy atom. The fourth-order valence-corrected chi connectivity index (χ4v) is 3.01. The highest BCUT2D eigenvalue weighted by molar-refractivity contribution is 6.53. The number of benzene rings is 2. The van der Waals surface area contributed by atoms with Crippen LogP contribution in [0.5, 0.6) is 0 Å². The van der Waals surface area contributed by atoms with Crippen molar-refractivity contribution in [2.45, 2.75) is 12.3 Å². The molecule has 1 saturated heterocycles. The molecule has 4 heteroatoms. The third kappa shape index (κ3) is 1.73. The zero-order chi connectivity index (χ0) is 15.7. The first-order valence-electron chi connectivity index (χ1n) is 7.15. The Bertz CT molecular complexity index is 698. The molecule has 22 heavy (non-hydrogen) atoms. The van der Waals surface area contributed by atoms with Crippen LogP contribution in [0.15, 0.2) is 60.7 Å². The summed E-state index contributed by atoms with van der Waals surface area (Å²) in [6.45, 7) is 1.87. The second-order valence-electron chi connectivity index (χ2n) is 5.17. The largest absolute Gasteiger partial charge is 0.298 e. The topological polar surface area (TPSA) is 54.5 Å². The molecule has 4 nitrogen and oxygen atoms in total. The van der Waals surface area contributed by atoms with Gasteiger partial charge in [-0.25, -0.2) is 0 Å². The van der Waals surface area contributed by atoms with E-state index in [1.54, 1.807) is 55.5 Å². The molecule has 0 bridgehead atoms. The minimum absolute atomic E-state index is 0.185. The Hall–Kier alpha value is -2.75. The van der Waals surface area contributed by atoms with E-state index >= 15 is 0 Å². The quantitative estimate of drug-likeness (QED) is 0.493. The molecule has 2 aromatic rings. The summed E-state index contributed by atoms with van der Waals surface area (Å²) in [7, 11) is 0. The third-order valence-electron chi connectivity index (χ3n) is 4.08. The Labute approximate surface area is 128 Å². The van der Waals surface area contributed by atoms with Crippen molar-refractivity contribution >= 4 is 17.6 Å². The summed E-state index contributed by atoms with van der Waals surface area (Å²) in [4.78, 5) is 39.1. The number of nitrogens with zero attached hydrogens (tertiary/aromatic N) is 1. The van der Waals surface area contributed by atoms with Crippen molar-refractivity contribution in [2.75, 3.05) is 6.54 Å². The predicted molar refractivity (Wildman–Crippen MR) is 81.1 cm³/mol. The molecule has 110 valence electrons. The normalized spacial score (nSPS) is 17.1. The highest BCUT2D eigenvalue weighted by Crippen LogP contribution is 2.40. The summed E-state index contributed by atoms with van der Waals surface area (Å²) in [5, 5.41) is 0. The second kappa shape index (κ2) is 5.22. The molecule has 2 amide bonds. The van der Waals surface area contributed by atoms with Crippen LogP contribution in [-0.4, -0.2) is 29.0 Å². The van der Waals surface area contributed by atoms with E-state index in [0.717, 1.165) is 4.90 Å². The zero-order valence-electron chi connectivity index (χ0n) is 12.2. The maximum absolute atomic E-state index is 13.0. The average Bonchev–Trinajstić information content (AvgIpc) is 2.76. The van der Waals surface area contributed by atoms with E-state index in [4.69, 9.17) is 0 Å². The molecule has 0 atom stereocenters. The minimum Gasteiger partial charge on any atom is -0.287 e. The third-order valence-corrected chi connectivity index (χ3v) is 4.08. The van der Waals surface area contributed by atoms with Crippen molar-refractivity contribution in [1.29, 1.82) is 0 Å². The first-order valence-corrected chi connectivity index (χ1v) is 7.15. The van der Waals surface area contributed by atoms with E-state index < -0.39 is 23.0 Å². The van der Waals surface area contributed by atoms with Gasteiger partial charge in [-0.2, -0.15) is 0 Å². The lowest BCUT2D eigenvalue weighted by molar-refractivity contribution is -0.142. The smallest absolute Gasteiger partial charge is 0.287 e. The molecule has 0 radical (unpaired) electrons. The number of carbonyl (C=O) groups excluding carboxylic acids is 3. The van der Waals surface area contributed by atoms with Crippen LogP contribution in [0.1, 0.15) is 18.1 Å². The summed E-state index contributed by atoms with van der Waals surface area (Å²) in [6.07, 6.45) is 0. The van der Waals surface area contributed by atoms with Crippen LogP contribution < -0.4 is 0 Å². The van der Waals surface area contributed by atoms with Gasteiger partial charge in [0, 0.05) is 6.54 Å². The summed E-state index contributed by atoms with van der Waals surface area (Å²) in [5.41, 5.74) is -0.503. The molecule has 2 aromatic carbocycles. The maximum Gasteiger partial charge on any atom is 0.298 e. The number of hydrogen-bond acceptors (Lipinski definition) is 3. The van der Waals surface area contributed by atoms with Gasteiger partial charge in [0.1, 0.15) is 0 Å². The van der Waals surface area contributed by atoms with Crippen LogP contribution in [0, 0.1) is 0 Å². The van der Waals surface area contributed by atoms with Gasteiger partial charge in [0.15, 0.2) is 5.41 Å². The van der Waals surface area contributed by atoms with Gasteiger partial charge in [0.2, 0.25) is 5.78 Å². The first-order chi connectivity index (χ1) is 10.6. The molecule has 0 unspecified atom stereocenters.